The van der Waals surface area contributed by atoms with E-state index in [0.29, 0.717) is 27.3 Å². The Morgan fingerprint density at radius 1 is 1.20 bits per heavy atom. The molecule has 1 unspecified atom stereocenters. The van der Waals surface area contributed by atoms with Gasteiger partial charge in [-0.2, -0.15) is 13.2 Å². The van der Waals surface area contributed by atoms with E-state index >= 15 is 0 Å². The SMILES string of the molecule is Cc1cc(/C(CC(c2ccc(C(=O)NCC(F)(F)F)c(F)c2)c2ccccc2Cl)=N/O)c[nH]c1=O. The summed E-state index contributed by atoms with van der Waals surface area (Å²) in [5.74, 6) is -2.90. The second-order valence-corrected chi connectivity index (χ2v) is 8.17. The van der Waals surface area contributed by atoms with Gasteiger partial charge in [0, 0.05) is 34.7 Å². The topological polar surface area (TPSA) is 94.5 Å². The molecule has 0 aliphatic rings. The lowest BCUT2D eigenvalue weighted by molar-refractivity contribution is -0.123. The Balaban J connectivity index is 2.00. The van der Waals surface area contributed by atoms with Gasteiger partial charge < -0.3 is 15.5 Å². The summed E-state index contributed by atoms with van der Waals surface area (Å²) in [5.41, 5.74) is 1.01. The molecule has 184 valence electrons. The van der Waals surface area contributed by atoms with E-state index in [0.717, 1.165) is 12.1 Å². The molecule has 1 aromatic heterocycles. The highest BCUT2D eigenvalue weighted by Crippen LogP contribution is 2.35. The third-order valence-corrected chi connectivity index (χ3v) is 5.65. The van der Waals surface area contributed by atoms with Crippen LogP contribution < -0.4 is 10.9 Å². The van der Waals surface area contributed by atoms with Crippen molar-refractivity contribution in [2.24, 2.45) is 5.16 Å². The summed E-state index contributed by atoms with van der Waals surface area (Å²) >= 11 is 6.38. The summed E-state index contributed by atoms with van der Waals surface area (Å²) in [6, 6.07) is 11.8. The van der Waals surface area contributed by atoms with Gasteiger partial charge >= 0.3 is 6.18 Å². The molecular weight excluding hydrogens is 490 g/mol. The van der Waals surface area contributed by atoms with Crippen molar-refractivity contribution in [2.75, 3.05) is 6.54 Å². The predicted octanol–water partition coefficient (Wildman–Crippen LogP) is 5.17. The number of pyridine rings is 1. The summed E-state index contributed by atoms with van der Waals surface area (Å²) in [5, 5.41) is 15.0. The van der Waals surface area contributed by atoms with Gasteiger partial charge in [-0.05, 0) is 42.3 Å². The van der Waals surface area contributed by atoms with Crippen molar-refractivity contribution >= 4 is 23.2 Å². The molecule has 2 aromatic carbocycles. The smallest absolute Gasteiger partial charge is 0.405 e. The van der Waals surface area contributed by atoms with Crippen molar-refractivity contribution in [1.29, 1.82) is 0 Å². The molecule has 6 nitrogen and oxygen atoms in total. The summed E-state index contributed by atoms with van der Waals surface area (Å²) in [6.45, 7) is -0.00894. The Kier molecular flexibility index (Phi) is 7.96. The molecule has 0 bridgehead atoms. The van der Waals surface area contributed by atoms with E-state index in [1.165, 1.54) is 18.3 Å². The van der Waals surface area contributed by atoms with Crippen molar-refractivity contribution in [2.45, 2.75) is 25.4 Å². The van der Waals surface area contributed by atoms with Gasteiger partial charge in [-0.3, -0.25) is 9.59 Å². The van der Waals surface area contributed by atoms with Crippen molar-refractivity contribution < 1.29 is 27.6 Å². The van der Waals surface area contributed by atoms with Crippen molar-refractivity contribution in [3.8, 4) is 0 Å². The fraction of sp³-hybridized carbons (Fsp3) is 0.208. The molecule has 0 aliphatic carbocycles. The second-order valence-electron chi connectivity index (χ2n) is 7.76. The van der Waals surface area contributed by atoms with E-state index in [4.69, 9.17) is 11.6 Å². The van der Waals surface area contributed by atoms with Crippen molar-refractivity contribution in [1.82, 2.24) is 10.3 Å². The number of hydrogen-bond donors (Lipinski definition) is 3. The van der Waals surface area contributed by atoms with Crippen LogP contribution in [0.3, 0.4) is 0 Å². The summed E-state index contributed by atoms with van der Waals surface area (Å²) in [6.07, 6.45) is -3.24. The van der Waals surface area contributed by atoms with Crippen LogP contribution in [0.1, 0.15) is 45.0 Å². The fourth-order valence-electron chi connectivity index (χ4n) is 3.55. The number of oxime groups is 1. The van der Waals surface area contributed by atoms with Crippen molar-refractivity contribution in [3.63, 3.8) is 0 Å². The van der Waals surface area contributed by atoms with Gasteiger partial charge in [0.05, 0.1) is 11.3 Å². The summed E-state index contributed by atoms with van der Waals surface area (Å²) in [7, 11) is 0. The molecule has 3 N–H and O–H groups in total. The zero-order valence-electron chi connectivity index (χ0n) is 18.3. The second kappa shape index (κ2) is 10.7. The van der Waals surface area contributed by atoms with Gasteiger partial charge in [0.2, 0.25) is 0 Å². The number of aromatic nitrogens is 1. The van der Waals surface area contributed by atoms with E-state index in [9.17, 15) is 32.4 Å². The molecule has 0 aliphatic heterocycles. The molecular formula is C24H20ClF4N3O3. The van der Waals surface area contributed by atoms with Gasteiger partial charge in [0.15, 0.2) is 0 Å². The fourth-order valence-corrected chi connectivity index (χ4v) is 3.81. The number of benzene rings is 2. The minimum absolute atomic E-state index is 0.0186. The van der Waals surface area contributed by atoms with Crippen LogP contribution in [-0.4, -0.2) is 34.5 Å². The van der Waals surface area contributed by atoms with Crippen LogP contribution in [0.15, 0.2) is 64.7 Å². The number of halogens is 5. The molecule has 1 heterocycles. The zero-order valence-corrected chi connectivity index (χ0v) is 19.0. The van der Waals surface area contributed by atoms with E-state index in [-0.39, 0.29) is 17.7 Å². The highest BCUT2D eigenvalue weighted by Gasteiger charge is 2.29. The largest absolute Gasteiger partial charge is 0.411 e. The molecule has 0 radical (unpaired) electrons. The number of carbonyl (C=O) groups excluding carboxylic acids is 1. The van der Waals surface area contributed by atoms with Gasteiger partial charge in [-0.25, -0.2) is 4.39 Å². The average molecular weight is 510 g/mol. The number of carbonyl (C=O) groups is 1. The Morgan fingerprint density at radius 2 is 1.91 bits per heavy atom. The van der Waals surface area contributed by atoms with Crippen LogP contribution in [0.5, 0.6) is 0 Å². The number of aromatic amines is 1. The van der Waals surface area contributed by atoms with E-state index in [1.54, 1.807) is 36.5 Å². The molecule has 0 saturated carbocycles. The van der Waals surface area contributed by atoms with Gasteiger partial charge in [0.25, 0.3) is 11.5 Å². The number of hydrogen-bond acceptors (Lipinski definition) is 4. The van der Waals surface area contributed by atoms with Crippen LogP contribution in [0.25, 0.3) is 0 Å². The van der Waals surface area contributed by atoms with Crippen LogP contribution in [0, 0.1) is 12.7 Å². The first-order valence-corrected chi connectivity index (χ1v) is 10.7. The maximum absolute atomic E-state index is 14.8. The zero-order chi connectivity index (χ0) is 25.8. The van der Waals surface area contributed by atoms with E-state index in [1.807, 2.05) is 0 Å². The van der Waals surface area contributed by atoms with Gasteiger partial charge in [-0.15, -0.1) is 0 Å². The first-order chi connectivity index (χ1) is 16.5. The minimum Gasteiger partial charge on any atom is -0.411 e. The first-order valence-electron chi connectivity index (χ1n) is 10.3. The van der Waals surface area contributed by atoms with Crippen LogP contribution >= 0.6 is 11.6 Å². The molecule has 1 atom stereocenters. The van der Waals surface area contributed by atoms with Crippen LogP contribution in [0.4, 0.5) is 17.6 Å². The predicted molar refractivity (Wildman–Crippen MR) is 123 cm³/mol. The molecule has 11 heteroatoms. The minimum atomic E-state index is -4.64. The third-order valence-electron chi connectivity index (χ3n) is 5.31. The number of H-pyrrole nitrogens is 1. The van der Waals surface area contributed by atoms with Gasteiger partial charge in [-0.1, -0.05) is 41.0 Å². The lowest BCUT2D eigenvalue weighted by Crippen LogP contribution is -2.34. The van der Waals surface area contributed by atoms with E-state index in [2.05, 4.69) is 10.1 Å². The molecule has 0 saturated heterocycles. The summed E-state index contributed by atoms with van der Waals surface area (Å²) < 4.78 is 52.0. The monoisotopic (exact) mass is 509 g/mol. The number of nitrogens with one attached hydrogen (secondary N) is 2. The maximum atomic E-state index is 14.8. The molecule has 35 heavy (non-hydrogen) atoms. The normalized spacial score (nSPS) is 12.9. The number of rotatable bonds is 7. The standard InChI is InChI=1S/C24H20ClF4N3O3/c1-13-8-15(11-30-22(13)33)21(32-35)10-18(16-4-2-3-5-19(16)25)14-6-7-17(20(26)9-14)23(34)31-12-24(27,28)29/h2-9,11,18,35H,10,12H2,1H3,(H,30,33)(H,31,34)/b32-21+. The lowest BCUT2D eigenvalue weighted by atomic mass is 9.85. The quantitative estimate of drug-likeness (QED) is 0.177. The maximum Gasteiger partial charge on any atom is 0.405 e. The summed E-state index contributed by atoms with van der Waals surface area (Å²) in [4.78, 5) is 26.3. The first kappa shape index (κ1) is 26.0. The number of alkyl halides is 3. The van der Waals surface area contributed by atoms with Crippen LogP contribution in [-0.2, 0) is 0 Å². The Hall–Kier alpha value is -3.66. The molecule has 3 aromatic rings. The van der Waals surface area contributed by atoms with Crippen molar-refractivity contribution in [3.05, 3.63) is 104 Å². The average Bonchev–Trinajstić information content (AvgIpc) is 2.80. The van der Waals surface area contributed by atoms with Gasteiger partial charge in [0.1, 0.15) is 12.4 Å². The lowest BCUT2D eigenvalue weighted by Gasteiger charge is -2.21. The number of amides is 1. The highest BCUT2D eigenvalue weighted by molar-refractivity contribution is 6.31. The Morgan fingerprint density at radius 3 is 2.51 bits per heavy atom. The van der Waals surface area contributed by atoms with Crippen LogP contribution in [0.2, 0.25) is 5.02 Å². The molecule has 0 fully saturated rings. The third kappa shape index (κ3) is 6.48. The highest BCUT2D eigenvalue weighted by atomic mass is 35.5. The Bertz CT molecular complexity index is 1320. The number of nitrogens with zero attached hydrogens (tertiary/aromatic N) is 1. The Labute approximate surface area is 202 Å². The number of aryl methyl sites for hydroxylation is 1. The molecule has 1 amide bonds. The molecule has 0 spiro atoms. The van der Waals surface area contributed by atoms with E-state index < -0.39 is 35.9 Å². The molecule has 3 rings (SSSR count).